The number of fused-ring (bicyclic) bond motifs is 1. The highest BCUT2D eigenvalue weighted by molar-refractivity contribution is 7.92. The third-order valence-corrected chi connectivity index (χ3v) is 6.03. The van der Waals surface area contributed by atoms with E-state index in [1.807, 2.05) is 31.2 Å². The molecule has 3 aromatic rings. The second-order valence-electron chi connectivity index (χ2n) is 7.11. The Hall–Kier alpha value is -3.20. The number of carbonyl (C=O) groups excluding carboxylic acids is 1. The lowest BCUT2D eigenvalue weighted by atomic mass is 10.0. The van der Waals surface area contributed by atoms with E-state index in [1.54, 1.807) is 18.2 Å². The summed E-state index contributed by atoms with van der Waals surface area (Å²) in [6, 6.07) is 12.8. The molecule has 0 radical (unpaired) electrons. The van der Waals surface area contributed by atoms with Crippen molar-refractivity contribution >= 4 is 27.6 Å². The highest BCUT2D eigenvalue weighted by Gasteiger charge is 2.24. The number of sulfonamides is 1. The van der Waals surface area contributed by atoms with Crippen LogP contribution in [0.2, 0.25) is 0 Å². The number of carbonyl (C=O) groups is 1. The Morgan fingerprint density at radius 2 is 1.93 bits per heavy atom. The zero-order valence-electron chi connectivity index (χ0n) is 16.1. The topological polar surface area (TPSA) is 108 Å². The van der Waals surface area contributed by atoms with Crippen LogP contribution in [0.15, 0.2) is 42.5 Å². The molecule has 0 bridgehead atoms. The van der Waals surface area contributed by atoms with Gasteiger partial charge in [-0.15, -0.1) is 5.10 Å². The van der Waals surface area contributed by atoms with Crippen molar-refractivity contribution in [3.8, 4) is 11.4 Å². The predicted molar refractivity (Wildman–Crippen MR) is 111 cm³/mol. The van der Waals surface area contributed by atoms with E-state index in [1.165, 1.54) is 10.6 Å². The molecule has 0 fully saturated rings. The Morgan fingerprint density at radius 1 is 1.17 bits per heavy atom. The summed E-state index contributed by atoms with van der Waals surface area (Å²) >= 11 is 0. The van der Waals surface area contributed by atoms with Gasteiger partial charge < -0.3 is 0 Å². The van der Waals surface area contributed by atoms with Crippen LogP contribution in [0.3, 0.4) is 0 Å². The molecule has 0 saturated heterocycles. The second-order valence-corrected chi connectivity index (χ2v) is 9.02. The first-order valence-corrected chi connectivity index (χ1v) is 11.1. The van der Waals surface area contributed by atoms with Crippen molar-refractivity contribution in [3.63, 3.8) is 0 Å². The minimum atomic E-state index is -3.34. The molecular weight excluding hydrogens is 390 g/mol. The average Bonchev–Trinajstić information content (AvgIpc) is 3.15. The van der Waals surface area contributed by atoms with E-state index in [-0.39, 0.29) is 11.9 Å². The summed E-state index contributed by atoms with van der Waals surface area (Å²) in [5, 5.41) is 9.56. The van der Waals surface area contributed by atoms with Crippen molar-refractivity contribution in [3.05, 3.63) is 59.2 Å². The van der Waals surface area contributed by atoms with Crippen LogP contribution in [-0.4, -0.2) is 42.3 Å². The molecule has 8 nitrogen and oxygen atoms in total. The lowest BCUT2D eigenvalue weighted by molar-refractivity contribution is 0.102. The molecule has 2 aromatic carbocycles. The average molecular weight is 411 g/mol. The lowest BCUT2D eigenvalue weighted by Crippen LogP contribution is -2.34. The van der Waals surface area contributed by atoms with E-state index < -0.39 is 10.0 Å². The van der Waals surface area contributed by atoms with Crippen molar-refractivity contribution in [2.45, 2.75) is 19.8 Å². The second kappa shape index (κ2) is 7.32. The SMILES string of the molecule is Cc1ccc(-c2nc(NC(=O)c3ccc4c(c3)CCCN4S(C)(=O)=O)n[nH]2)cc1. The fourth-order valence-electron chi connectivity index (χ4n) is 3.38. The third-order valence-electron chi connectivity index (χ3n) is 4.85. The maximum Gasteiger partial charge on any atom is 0.258 e. The van der Waals surface area contributed by atoms with Crippen LogP contribution in [0.4, 0.5) is 11.6 Å². The molecular formula is C20H21N5O3S. The smallest absolute Gasteiger partial charge is 0.258 e. The highest BCUT2D eigenvalue weighted by atomic mass is 32.2. The van der Waals surface area contributed by atoms with Crippen LogP contribution in [0.5, 0.6) is 0 Å². The molecule has 0 spiro atoms. The molecule has 9 heteroatoms. The minimum Gasteiger partial charge on any atom is -0.289 e. The first-order chi connectivity index (χ1) is 13.8. The monoisotopic (exact) mass is 411 g/mol. The fourth-order valence-corrected chi connectivity index (χ4v) is 4.38. The van der Waals surface area contributed by atoms with Crippen LogP contribution >= 0.6 is 0 Å². The number of aromatic nitrogens is 3. The first kappa shape index (κ1) is 19.1. The Labute approximate surface area is 169 Å². The zero-order valence-corrected chi connectivity index (χ0v) is 17.0. The molecule has 29 heavy (non-hydrogen) atoms. The predicted octanol–water partition coefficient (Wildman–Crippen LogP) is 2.74. The van der Waals surface area contributed by atoms with Gasteiger partial charge in [0.2, 0.25) is 16.0 Å². The Bertz CT molecular complexity index is 1170. The van der Waals surface area contributed by atoms with E-state index >= 15 is 0 Å². The van der Waals surface area contributed by atoms with Gasteiger partial charge in [-0.3, -0.25) is 19.5 Å². The van der Waals surface area contributed by atoms with Gasteiger partial charge in [0, 0.05) is 17.7 Å². The maximum absolute atomic E-state index is 12.6. The third kappa shape index (κ3) is 4.00. The molecule has 4 rings (SSSR count). The zero-order chi connectivity index (χ0) is 20.6. The van der Waals surface area contributed by atoms with Crippen LogP contribution in [0.1, 0.15) is 27.9 Å². The maximum atomic E-state index is 12.6. The number of aryl methyl sites for hydroxylation is 2. The summed E-state index contributed by atoms with van der Waals surface area (Å²) in [6.07, 6.45) is 2.63. The number of nitrogens with one attached hydrogen (secondary N) is 2. The molecule has 1 aromatic heterocycles. The van der Waals surface area contributed by atoms with Crippen molar-refractivity contribution < 1.29 is 13.2 Å². The summed E-state index contributed by atoms with van der Waals surface area (Å²) in [4.78, 5) is 17.0. The van der Waals surface area contributed by atoms with Crippen LogP contribution in [-0.2, 0) is 16.4 Å². The van der Waals surface area contributed by atoms with Gasteiger partial charge in [0.25, 0.3) is 5.91 Å². The first-order valence-electron chi connectivity index (χ1n) is 9.23. The van der Waals surface area contributed by atoms with Gasteiger partial charge in [-0.05, 0) is 43.5 Å². The number of anilines is 2. The summed E-state index contributed by atoms with van der Waals surface area (Å²) in [7, 11) is -3.34. The van der Waals surface area contributed by atoms with Crippen LogP contribution < -0.4 is 9.62 Å². The number of nitrogens with zero attached hydrogens (tertiary/aromatic N) is 3. The van der Waals surface area contributed by atoms with E-state index in [4.69, 9.17) is 0 Å². The van der Waals surface area contributed by atoms with Crippen molar-refractivity contribution in [2.24, 2.45) is 0 Å². The number of H-pyrrole nitrogens is 1. The largest absolute Gasteiger partial charge is 0.289 e. The van der Waals surface area contributed by atoms with Gasteiger partial charge in [-0.25, -0.2) is 8.42 Å². The molecule has 1 aliphatic rings. The lowest BCUT2D eigenvalue weighted by Gasteiger charge is -2.29. The molecule has 0 unspecified atom stereocenters. The molecule has 2 heterocycles. The molecule has 0 atom stereocenters. The number of benzene rings is 2. The highest BCUT2D eigenvalue weighted by Crippen LogP contribution is 2.30. The number of hydrogen-bond donors (Lipinski definition) is 2. The van der Waals surface area contributed by atoms with Gasteiger partial charge in [-0.1, -0.05) is 29.8 Å². The summed E-state index contributed by atoms with van der Waals surface area (Å²) in [5.74, 6) is 0.398. The van der Waals surface area contributed by atoms with Gasteiger partial charge in [0.1, 0.15) is 0 Å². The molecule has 1 aliphatic heterocycles. The van der Waals surface area contributed by atoms with E-state index in [0.29, 0.717) is 30.0 Å². The molecule has 150 valence electrons. The Kier molecular flexibility index (Phi) is 4.83. The number of aromatic amines is 1. The van der Waals surface area contributed by atoms with E-state index in [2.05, 4.69) is 20.5 Å². The van der Waals surface area contributed by atoms with Crippen molar-refractivity contribution in [1.29, 1.82) is 0 Å². The number of rotatable bonds is 4. The Morgan fingerprint density at radius 3 is 2.66 bits per heavy atom. The van der Waals surface area contributed by atoms with Crippen molar-refractivity contribution in [2.75, 3.05) is 22.4 Å². The van der Waals surface area contributed by atoms with Crippen LogP contribution in [0, 0.1) is 6.92 Å². The van der Waals surface area contributed by atoms with Gasteiger partial charge in [0.05, 0.1) is 11.9 Å². The van der Waals surface area contributed by atoms with E-state index in [9.17, 15) is 13.2 Å². The molecule has 1 amide bonds. The molecule has 0 saturated carbocycles. The van der Waals surface area contributed by atoms with Gasteiger partial charge in [-0.2, -0.15) is 4.98 Å². The van der Waals surface area contributed by atoms with Crippen molar-refractivity contribution in [1.82, 2.24) is 15.2 Å². The summed E-state index contributed by atoms with van der Waals surface area (Å²) in [5.41, 5.74) is 3.92. The number of hydrogen-bond acceptors (Lipinski definition) is 5. The summed E-state index contributed by atoms with van der Waals surface area (Å²) in [6.45, 7) is 2.46. The Balaban J connectivity index is 1.53. The van der Waals surface area contributed by atoms with Gasteiger partial charge >= 0.3 is 0 Å². The molecule has 0 aliphatic carbocycles. The summed E-state index contributed by atoms with van der Waals surface area (Å²) < 4.78 is 25.3. The quantitative estimate of drug-likeness (QED) is 0.686. The van der Waals surface area contributed by atoms with Crippen LogP contribution in [0.25, 0.3) is 11.4 Å². The normalized spacial score (nSPS) is 13.8. The standard InChI is InChI=1S/C20H21N5O3S/c1-13-5-7-14(8-6-13)18-21-20(24-23-18)22-19(26)16-9-10-17-15(12-16)4-3-11-25(17)29(2,27)28/h5-10,12H,3-4,11H2,1-2H3,(H2,21,22,23,24,26). The minimum absolute atomic E-state index is 0.182. The van der Waals surface area contributed by atoms with E-state index in [0.717, 1.165) is 23.1 Å². The number of amides is 1. The van der Waals surface area contributed by atoms with Gasteiger partial charge in [0.15, 0.2) is 5.82 Å². The molecule has 2 N–H and O–H groups in total. The fraction of sp³-hybridized carbons (Fsp3) is 0.250.